The van der Waals surface area contributed by atoms with Crippen LogP contribution in [0.15, 0.2) is 53.8 Å². The Morgan fingerprint density at radius 2 is 1.75 bits per heavy atom. The number of nitrogens with one attached hydrogen (secondary N) is 1. The smallest absolute Gasteiger partial charge is 0.431 e. The molecule has 0 saturated heterocycles. The Balaban J connectivity index is 3.19. The first kappa shape index (κ1) is 19.3. The molecule has 0 aliphatic rings. The average molecular weight is 332 g/mol. The Labute approximate surface area is 142 Å². The summed E-state index contributed by atoms with van der Waals surface area (Å²) in [6.45, 7) is 7.51. The van der Waals surface area contributed by atoms with Gasteiger partial charge in [0.05, 0.1) is 5.70 Å². The monoisotopic (exact) mass is 332 g/mol. The zero-order valence-electron chi connectivity index (χ0n) is 14.4. The summed E-state index contributed by atoms with van der Waals surface area (Å²) in [6, 6.07) is 9.73. The second-order valence-electron chi connectivity index (χ2n) is 6.51. The van der Waals surface area contributed by atoms with Gasteiger partial charge in [0.15, 0.2) is 0 Å². The highest BCUT2D eigenvalue weighted by Crippen LogP contribution is 2.24. The maximum atomic E-state index is 11.5. The van der Waals surface area contributed by atoms with E-state index >= 15 is 0 Å². The van der Waals surface area contributed by atoms with E-state index in [1.807, 2.05) is 62.6 Å². The lowest BCUT2D eigenvalue weighted by Gasteiger charge is -2.25. The van der Waals surface area contributed by atoms with Crippen molar-refractivity contribution in [3.05, 3.63) is 59.3 Å². The standard InChI is InChI=1S/C18H24N2O4/c1-13(10-11-14-8-6-5-7-9-14)15(12-18(2,3)4)20(17(23)24)19-16(21)22/h5-10,12,19H,11H2,1-4H3,(H,21,22)(H,23,24)/b13-10+,15-12+. The molecule has 0 aliphatic carbocycles. The molecule has 6 nitrogen and oxygen atoms in total. The van der Waals surface area contributed by atoms with E-state index in [2.05, 4.69) is 0 Å². The molecule has 0 radical (unpaired) electrons. The van der Waals surface area contributed by atoms with Crippen LogP contribution in [0.3, 0.4) is 0 Å². The molecule has 24 heavy (non-hydrogen) atoms. The topological polar surface area (TPSA) is 89.9 Å². The molecule has 1 aromatic carbocycles. The van der Waals surface area contributed by atoms with Crippen molar-refractivity contribution in [3.63, 3.8) is 0 Å². The van der Waals surface area contributed by atoms with E-state index < -0.39 is 12.2 Å². The molecule has 130 valence electrons. The van der Waals surface area contributed by atoms with E-state index in [0.29, 0.717) is 22.7 Å². The van der Waals surface area contributed by atoms with Crippen LogP contribution >= 0.6 is 0 Å². The third kappa shape index (κ3) is 6.56. The zero-order valence-corrected chi connectivity index (χ0v) is 14.4. The third-order valence-corrected chi connectivity index (χ3v) is 3.10. The van der Waals surface area contributed by atoms with Gasteiger partial charge in [-0.25, -0.2) is 15.0 Å². The molecular formula is C18H24N2O4. The van der Waals surface area contributed by atoms with Gasteiger partial charge < -0.3 is 10.2 Å². The van der Waals surface area contributed by atoms with Gasteiger partial charge in [-0.15, -0.1) is 0 Å². The summed E-state index contributed by atoms with van der Waals surface area (Å²) in [4.78, 5) is 22.4. The Morgan fingerprint density at radius 1 is 1.17 bits per heavy atom. The number of nitrogens with zero attached hydrogens (tertiary/aromatic N) is 1. The first-order chi connectivity index (χ1) is 11.1. The summed E-state index contributed by atoms with van der Waals surface area (Å²) >= 11 is 0. The van der Waals surface area contributed by atoms with Crippen molar-refractivity contribution in [1.82, 2.24) is 10.4 Å². The Bertz CT molecular complexity index is 643. The van der Waals surface area contributed by atoms with E-state index in [-0.39, 0.29) is 5.41 Å². The number of rotatable bonds is 4. The third-order valence-electron chi connectivity index (χ3n) is 3.10. The molecule has 3 N–H and O–H groups in total. The molecule has 0 saturated carbocycles. The van der Waals surface area contributed by atoms with Crippen molar-refractivity contribution in [2.24, 2.45) is 5.41 Å². The van der Waals surface area contributed by atoms with E-state index in [4.69, 9.17) is 5.11 Å². The van der Waals surface area contributed by atoms with Gasteiger partial charge in [0.2, 0.25) is 0 Å². The van der Waals surface area contributed by atoms with Gasteiger partial charge in [-0.3, -0.25) is 0 Å². The number of amides is 2. The van der Waals surface area contributed by atoms with Crippen LogP contribution in [0.25, 0.3) is 0 Å². The largest absolute Gasteiger partial charge is 0.464 e. The highest BCUT2D eigenvalue weighted by molar-refractivity contribution is 5.74. The molecule has 0 atom stereocenters. The fraction of sp³-hybridized carbons (Fsp3) is 0.333. The zero-order chi connectivity index (χ0) is 18.3. The number of carbonyl (C=O) groups is 2. The minimum absolute atomic E-state index is 0.299. The number of carboxylic acid groups (broad SMARTS) is 2. The van der Waals surface area contributed by atoms with Crippen molar-refractivity contribution < 1.29 is 19.8 Å². The number of benzene rings is 1. The number of hydrogen-bond donors (Lipinski definition) is 3. The van der Waals surface area contributed by atoms with Crippen molar-refractivity contribution in [1.29, 1.82) is 0 Å². The second kappa shape index (κ2) is 8.19. The molecule has 0 aliphatic heterocycles. The second-order valence-corrected chi connectivity index (χ2v) is 6.51. The van der Waals surface area contributed by atoms with Gasteiger partial charge in [0.1, 0.15) is 0 Å². The predicted molar refractivity (Wildman–Crippen MR) is 92.5 cm³/mol. The van der Waals surface area contributed by atoms with Crippen LogP contribution in [-0.4, -0.2) is 27.4 Å². The molecule has 0 bridgehead atoms. The lowest BCUT2D eigenvalue weighted by molar-refractivity contribution is 0.126. The quantitative estimate of drug-likeness (QED) is 0.567. The lowest BCUT2D eigenvalue weighted by atomic mass is 9.93. The molecule has 1 aromatic rings. The SMILES string of the molecule is CC(=C\Cc1ccccc1)/C(=C\C(C)(C)C)N(NC(=O)O)C(=O)O. The molecule has 2 amide bonds. The van der Waals surface area contributed by atoms with Crippen LogP contribution in [-0.2, 0) is 6.42 Å². The fourth-order valence-electron chi connectivity index (χ4n) is 2.06. The maximum absolute atomic E-state index is 11.5. The number of allylic oxidation sites excluding steroid dienone is 3. The molecule has 6 heteroatoms. The van der Waals surface area contributed by atoms with Gasteiger partial charge in [0.25, 0.3) is 0 Å². The summed E-state index contributed by atoms with van der Waals surface area (Å²) in [5.41, 5.74) is 3.65. The van der Waals surface area contributed by atoms with E-state index in [1.54, 1.807) is 13.0 Å². The van der Waals surface area contributed by atoms with Gasteiger partial charge in [-0.2, -0.15) is 5.01 Å². The summed E-state index contributed by atoms with van der Waals surface area (Å²) < 4.78 is 0. The normalized spacial score (nSPS) is 12.7. The predicted octanol–water partition coefficient (Wildman–Crippen LogP) is 4.27. The Morgan fingerprint density at radius 3 is 2.21 bits per heavy atom. The highest BCUT2D eigenvalue weighted by atomic mass is 16.4. The van der Waals surface area contributed by atoms with Gasteiger partial charge in [-0.05, 0) is 29.9 Å². The van der Waals surface area contributed by atoms with Crippen molar-refractivity contribution in [2.45, 2.75) is 34.1 Å². The molecule has 1 rings (SSSR count). The van der Waals surface area contributed by atoms with E-state index in [0.717, 1.165) is 5.56 Å². The highest BCUT2D eigenvalue weighted by Gasteiger charge is 2.23. The van der Waals surface area contributed by atoms with Crippen LogP contribution in [0, 0.1) is 5.41 Å². The van der Waals surface area contributed by atoms with Gasteiger partial charge in [-0.1, -0.05) is 63.3 Å². The van der Waals surface area contributed by atoms with Crippen molar-refractivity contribution in [3.8, 4) is 0 Å². The van der Waals surface area contributed by atoms with Crippen LogP contribution in [0.5, 0.6) is 0 Å². The minimum Gasteiger partial charge on any atom is -0.464 e. The molecule has 0 spiro atoms. The summed E-state index contributed by atoms with van der Waals surface area (Å²) in [6.07, 6.45) is 1.41. The summed E-state index contributed by atoms with van der Waals surface area (Å²) in [5, 5.41) is 18.9. The molecular weight excluding hydrogens is 308 g/mol. The Kier molecular flexibility index (Phi) is 6.58. The number of hydrazine groups is 1. The minimum atomic E-state index is -1.44. The van der Waals surface area contributed by atoms with Crippen LogP contribution in [0.1, 0.15) is 33.3 Å². The van der Waals surface area contributed by atoms with Crippen LogP contribution < -0.4 is 5.43 Å². The summed E-state index contributed by atoms with van der Waals surface area (Å²) in [7, 11) is 0. The van der Waals surface area contributed by atoms with Crippen LogP contribution in [0.2, 0.25) is 0 Å². The molecule has 0 heterocycles. The first-order valence-electron chi connectivity index (χ1n) is 7.56. The lowest BCUT2D eigenvalue weighted by Crippen LogP contribution is -2.44. The first-order valence-corrected chi connectivity index (χ1v) is 7.56. The van der Waals surface area contributed by atoms with Crippen LogP contribution in [0.4, 0.5) is 9.59 Å². The molecule has 0 fully saturated rings. The van der Waals surface area contributed by atoms with E-state index in [9.17, 15) is 14.7 Å². The molecule has 0 aromatic heterocycles. The summed E-state index contributed by atoms with van der Waals surface area (Å²) in [5.74, 6) is 0. The van der Waals surface area contributed by atoms with Gasteiger partial charge in [0, 0.05) is 0 Å². The number of hydrogen-bond acceptors (Lipinski definition) is 2. The van der Waals surface area contributed by atoms with Gasteiger partial charge >= 0.3 is 12.2 Å². The molecule has 0 unspecified atom stereocenters. The van der Waals surface area contributed by atoms with E-state index in [1.165, 1.54) is 0 Å². The Hall–Kier alpha value is -2.76. The van der Waals surface area contributed by atoms with Crippen molar-refractivity contribution >= 4 is 12.2 Å². The fourth-order valence-corrected chi connectivity index (χ4v) is 2.06. The maximum Gasteiger partial charge on any atom is 0.431 e. The average Bonchev–Trinajstić information content (AvgIpc) is 2.48. The van der Waals surface area contributed by atoms with Crippen molar-refractivity contribution in [2.75, 3.05) is 0 Å².